The maximum Gasteiger partial charge on any atom is 0.264 e. The predicted molar refractivity (Wildman–Crippen MR) is 140 cm³/mol. The zero-order chi connectivity index (χ0) is 23.1. The molecule has 6 aromatic rings. The molecule has 0 aliphatic heterocycles. The van der Waals surface area contributed by atoms with Crippen molar-refractivity contribution in [2.24, 2.45) is 0 Å². The van der Waals surface area contributed by atoms with E-state index in [1.807, 2.05) is 36.4 Å². The Morgan fingerprint density at radius 1 is 0.559 bits per heavy atom. The van der Waals surface area contributed by atoms with E-state index in [4.69, 9.17) is 4.98 Å². The molecule has 164 valence electrons. The number of benzene rings is 5. The summed E-state index contributed by atoms with van der Waals surface area (Å²) in [7, 11) is -1.15. The van der Waals surface area contributed by atoms with Crippen molar-refractivity contribution in [2.45, 2.75) is 6.43 Å². The normalized spacial score (nSPS) is 11.8. The second-order valence-electron chi connectivity index (χ2n) is 8.29. The Hall–Kier alpha value is -3.68. The van der Waals surface area contributed by atoms with Gasteiger partial charge in [-0.25, -0.2) is 13.8 Å². The molecule has 0 atom stereocenters. The molecule has 0 saturated heterocycles. The summed E-state index contributed by atoms with van der Waals surface area (Å²) in [5, 5.41) is 7.25. The topological polar surface area (TPSA) is 12.9 Å². The van der Waals surface area contributed by atoms with Gasteiger partial charge in [-0.1, -0.05) is 91.0 Å². The van der Waals surface area contributed by atoms with Gasteiger partial charge in [0.1, 0.15) is 0 Å². The van der Waals surface area contributed by atoms with E-state index in [9.17, 15) is 8.78 Å². The van der Waals surface area contributed by atoms with E-state index < -0.39 is 14.3 Å². The van der Waals surface area contributed by atoms with Crippen LogP contribution >= 0.6 is 7.92 Å². The van der Waals surface area contributed by atoms with Gasteiger partial charge in [0, 0.05) is 18.9 Å². The molecular formula is C30H20F2NP. The summed E-state index contributed by atoms with van der Waals surface area (Å²) in [6, 6.07) is 38.0. The predicted octanol–water partition coefficient (Wildman–Crippen LogP) is 7.24. The minimum absolute atomic E-state index is 0.0367. The molecule has 0 N–H and O–H groups in total. The third kappa shape index (κ3) is 3.73. The van der Waals surface area contributed by atoms with Gasteiger partial charge in [-0.15, -0.1) is 0 Å². The lowest BCUT2D eigenvalue weighted by Gasteiger charge is -2.21. The molecule has 0 spiro atoms. The summed E-state index contributed by atoms with van der Waals surface area (Å²) in [5.41, 5.74) is 1.33. The van der Waals surface area contributed by atoms with Crippen LogP contribution in [0.25, 0.3) is 32.4 Å². The SMILES string of the molecule is FC(F)c1cc(P(c2ccc3ccccc3c2)c2ccc3ccccc3c2)nc2ccccc12. The Morgan fingerprint density at radius 3 is 1.68 bits per heavy atom. The first kappa shape index (κ1) is 20.9. The highest BCUT2D eigenvalue weighted by Crippen LogP contribution is 2.37. The van der Waals surface area contributed by atoms with Crippen LogP contribution in [0, 0.1) is 0 Å². The Bertz CT molecular complexity index is 1580. The monoisotopic (exact) mass is 463 g/mol. The highest BCUT2D eigenvalue weighted by Gasteiger charge is 2.23. The fourth-order valence-corrected chi connectivity index (χ4v) is 6.81. The number of nitrogens with zero attached hydrogens (tertiary/aromatic N) is 1. The lowest BCUT2D eigenvalue weighted by Crippen LogP contribution is -2.23. The summed E-state index contributed by atoms with van der Waals surface area (Å²) >= 11 is 0. The van der Waals surface area contributed by atoms with Crippen LogP contribution in [0.15, 0.2) is 115 Å². The van der Waals surface area contributed by atoms with Crippen molar-refractivity contribution in [1.29, 1.82) is 0 Å². The van der Waals surface area contributed by atoms with E-state index in [0.29, 0.717) is 16.3 Å². The summed E-state index contributed by atoms with van der Waals surface area (Å²) in [5.74, 6) is 0. The number of aromatic nitrogens is 1. The van der Waals surface area contributed by atoms with Crippen molar-refractivity contribution in [1.82, 2.24) is 4.98 Å². The number of hydrogen-bond donors (Lipinski definition) is 0. The number of hydrogen-bond acceptors (Lipinski definition) is 1. The van der Waals surface area contributed by atoms with E-state index in [0.717, 1.165) is 32.2 Å². The zero-order valence-electron chi connectivity index (χ0n) is 18.2. The maximum absolute atomic E-state index is 14.1. The molecule has 4 heteroatoms. The first-order valence-corrected chi connectivity index (χ1v) is 12.5. The first-order valence-electron chi connectivity index (χ1n) is 11.1. The second-order valence-corrected chi connectivity index (χ2v) is 10.4. The van der Waals surface area contributed by atoms with Crippen molar-refractivity contribution in [3.05, 3.63) is 121 Å². The van der Waals surface area contributed by atoms with Crippen LogP contribution < -0.4 is 16.0 Å². The maximum atomic E-state index is 14.1. The third-order valence-electron chi connectivity index (χ3n) is 6.18. The summed E-state index contributed by atoms with van der Waals surface area (Å²) < 4.78 is 28.3. The van der Waals surface area contributed by atoms with Crippen LogP contribution in [-0.2, 0) is 0 Å². The lowest BCUT2D eigenvalue weighted by atomic mass is 10.1. The Kier molecular flexibility index (Phi) is 5.28. The van der Waals surface area contributed by atoms with Gasteiger partial charge >= 0.3 is 0 Å². The fraction of sp³-hybridized carbons (Fsp3) is 0.0333. The molecule has 0 aliphatic carbocycles. The van der Waals surface area contributed by atoms with Crippen molar-refractivity contribution in [3.63, 3.8) is 0 Å². The molecule has 0 saturated carbocycles. The summed E-state index contributed by atoms with van der Waals surface area (Å²) in [4.78, 5) is 4.93. The zero-order valence-corrected chi connectivity index (χ0v) is 19.1. The molecular weight excluding hydrogens is 443 g/mol. The largest absolute Gasteiger partial charge is 0.264 e. The van der Waals surface area contributed by atoms with Gasteiger partial charge < -0.3 is 0 Å². The van der Waals surface area contributed by atoms with Crippen LogP contribution in [0.5, 0.6) is 0 Å². The molecule has 34 heavy (non-hydrogen) atoms. The van der Waals surface area contributed by atoms with Crippen LogP contribution in [0.2, 0.25) is 0 Å². The molecule has 0 radical (unpaired) electrons. The Morgan fingerprint density at radius 2 is 1.09 bits per heavy atom. The smallest absolute Gasteiger partial charge is 0.247 e. The molecule has 6 rings (SSSR count). The number of para-hydroxylation sites is 1. The Balaban J connectivity index is 1.63. The molecule has 0 amide bonds. The number of alkyl halides is 2. The number of pyridine rings is 1. The molecule has 0 aliphatic rings. The van der Waals surface area contributed by atoms with Crippen LogP contribution in [0.4, 0.5) is 8.78 Å². The standard InChI is InChI=1S/C30H20F2NP/c31-30(32)27-19-29(33-28-12-6-5-11-26(27)28)34(24-15-13-20-7-1-3-9-22(20)17-24)25-16-14-21-8-2-4-10-23(21)18-25/h1-19,30H. The fourth-order valence-electron chi connectivity index (χ4n) is 4.53. The second kappa shape index (κ2) is 8.59. The van der Waals surface area contributed by atoms with Gasteiger partial charge in [0.2, 0.25) is 0 Å². The number of rotatable bonds is 4. The van der Waals surface area contributed by atoms with E-state index in [2.05, 4.69) is 60.7 Å². The molecule has 0 unspecified atom stereocenters. The summed E-state index contributed by atoms with van der Waals surface area (Å²) in [6.07, 6.45) is -2.57. The van der Waals surface area contributed by atoms with E-state index in [1.54, 1.807) is 18.2 Å². The molecule has 0 fully saturated rings. The van der Waals surface area contributed by atoms with Crippen LogP contribution in [0.1, 0.15) is 12.0 Å². The van der Waals surface area contributed by atoms with Gasteiger partial charge in [0.05, 0.1) is 11.0 Å². The highest BCUT2D eigenvalue weighted by atomic mass is 31.1. The quantitative estimate of drug-likeness (QED) is 0.251. The van der Waals surface area contributed by atoms with Crippen molar-refractivity contribution >= 4 is 56.4 Å². The van der Waals surface area contributed by atoms with Crippen molar-refractivity contribution < 1.29 is 8.78 Å². The third-order valence-corrected chi connectivity index (χ3v) is 8.46. The highest BCUT2D eigenvalue weighted by molar-refractivity contribution is 7.79. The summed E-state index contributed by atoms with van der Waals surface area (Å²) in [6.45, 7) is 0. The average Bonchev–Trinajstić information content (AvgIpc) is 2.88. The van der Waals surface area contributed by atoms with Crippen LogP contribution in [-0.4, -0.2) is 4.98 Å². The van der Waals surface area contributed by atoms with E-state index >= 15 is 0 Å². The van der Waals surface area contributed by atoms with Gasteiger partial charge in [-0.3, -0.25) is 0 Å². The molecule has 1 heterocycles. The minimum Gasteiger partial charge on any atom is -0.247 e. The van der Waals surface area contributed by atoms with E-state index in [1.165, 1.54) is 0 Å². The number of fused-ring (bicyclic) bond motifs is 3. The van der Waals surface area contributed by atoms with Gasteiger partial charge in [-0.2, -0.15) is 0 Å². The average molecular weight is 463 g/mol. The Labute approximate surface area is 197 Å². The molecule has 1 aromatic heterocycles. The molecule has 1 nitrogen and oxygen atoms in total. The lowest BCUT2D eigenvalue weighted by molar-refractivity contribution is 0.153. The van der Waals surface area contributed by atoms with Crippen molar-refractivity contribution in [2.75, 3.05) is 0 Å². The first-order chi connectivity index (χ1) is 16.7. The van der Waals surface area contributed by atoms with Gasteiger partial charge in [-0.05, 0) is 56.4 Å². The van der Waals surface area contributed by atoms with Gasteiger partial charge in [0.25, 0.3) is 6.43 Å². The van der Waals surface area contributed by atoms with Gasteiger partial charge in [0.15, 0.2) is 0 Å². The molecule has 0 bridgehead atoms. The number of halogens is 2. The molecule has 5 aromatic carbocycles. The van der Waals surface area contributed by atoms with Crippen LogP contribution in [0.3, 0.4) is 0 Å². The van der Waals surface area contributed by atoms with E-state index in [-0.39, 0.29) is 5.56 Å². The van der Waals surface area contributed by atoms with Crippen molar-refractivity contribution in [3.8, 4) is 0 Å². The minimum atomic E-state index is -2.57.